The molecule has 1 atom stereocenters. The summed E-state index contributed by atoms with van der Waals surface area (Å²) in [6, 6.07) is 8.50. The average molecular weight is 463 g/mol. The third-order valence-corrected chi connectivity index (χ3v) is 7.41. The van der Waals surface area contributed by atoms with Crippen molar-refractivity contribution in [1.29, 1.82) is 0 Å². The standard InChI is InChI=1S/C31H46N2O/c1-3-4-5-6-7-8-9-10-11-12-13-14-15-16-17-22-30(34)33-24-23-31(2,26-33)28-25-32-29-21-19-18-20-27(28)29/h7-8,10-11,18-21,25,32H,3-6,9,12-17,22-24,26H2,1-2H3/b8-7-,11-10-. The van der Waals surface area contributed by atoms with Gasteiger partial charge in [0, 0.05) is 42.0 Å². The van der Waals surface area contributed by atoms with E-state index in [1.165, 1.54) is 74.3 Å². The summed E-state index contributed by atoms with van der Waals surface area (Å²) in [5, 5.41) is 1.30. The van der Waals surface area contributed by atoms with E-state index >= 15 is 0 Å². The first-order valence-electron chi connectivity index (χ1n) is 13.8. The summed E-state index contributed by atoms with van der Waals surface area (Å²) in [6.07, 6.45) is 26.6. The summed E-state index contributed by atoms with van der Waals surface area (Å²) >= 11 is 0. The van der Waals surface area contributed by atoms with E-state index in [0.29, 0.717) is 12.3 Å². The minimum absolute atomic E-state index is 0.0492. The number of fused-ring (bicyclic) bond motifs is 1. The van der Waals surface area contributed by atoms with Gasteiger partial charge in [-0.25, -0.2) is 0 Å². The van der Waals surface area contributed by atoms with Crippen LogP contribution in [0.15, 0.2) is 54.8 Å². The van der Waals surface area contributed by atoms with E-state index in [0.717, 1.165) is 32.4 Å². The molecule has 0 radical (unpaired) electrons. The molecule has 1 unspecified atom stereocenters. The van der Waals surface area contributed by atoms with Gasteiger partial charge in [0.25, 0.3) is 0 Å². The van der Waals surface area contributed by atoms with Crippen LogP contribution in [0, 0.1) is 0 Å². The summed E-state index contributed by atoms with van der Waals surface area (Å²) in [5.74, 6) is 0.342. The molecule has 0 bridgehead atoms. The van der Waals surface area contributed by atoms with Gasteiger partial charge in [0.15, 0.2) is 0 Å². The summed E-state index contributed by atoms with van der Waals surface area (Å²) in [4.78, 5) is 18.3. The molecule has 2 heterocycles. The number of hydrogen-bond donors (Lipinski definition) is 1. The number of benzene rings is 1. The maximum absolute atomic E-state index is 12.8. The van der Waals surface area contributed by atoms with Gasteiger partial charge in [-0.15, -0.1) is 0 Å². The molecule has 1 aliphatic heterocycles. The van der Waals surface area contributed by atoms with Crippen LogP contribution >= 0.6 is 0 Å². The Morgan fingerprint density at radius 1 is 0.971 bits per heavy atom. The van der Waals surface area contributed by atoms with Crippen LogP contribution in [0.25, 0.3) is 10.9 Å². The van der Waals surface area contributed by atoms with E-state index in [9.17, 15) is 4.79 Å². The Bertz CT molecular complexity index is 924. The Kier molecular flexibility index (Phi) is 11.0. The van der Waals surface area contributed by atoms with Gasteiger partial charge < -0.3 is 9.88 Å². The SMILES string of the molecule is CCCCC/C=C\C/C=C\CCCCCCCC(=O)N1CCC(C)(c2c[nH]c3ccccc23)C1. The van der Waals surface area contributed by atoms with Gasteiger partial charge in [0.2, 0.25) is 5.91 Å². The molecule has 1 aromatic heterocycles. The van der Waals surface area contributed by atoms with Crippen molar-refractivity contribution in [2.24, 2.45) is 0 Å². The Balaban J connectivity index is 1.24. The summed E-state index contributed by atoms with van der Waals surface area (Å²) in [7, 11) is 0. The quantitative estimate of drug-likeness (QED) is 0.209. The molecule has 3 heteroatoms. The Hall–Kier alpha value is -2.29. The highest BCUT2D eigenvalue weighted by molar-refractivity contribution is 5.84. The molecule has 3 nitrogen and oxygen atoms in total. The molecular weight excluding hydrogens is 416 g/mol. The number of nitrogens with zero attached hydrogens (tertiary/aromatic N) is 1. The molecule has 0 spiro atoms. The molecule has 1 amide bonds. The second-order valence-electron chi connectivity index (χ2n) is 10.4. The number of para-hydroxylation sites is 1. The van der Waals surface area contributed by atoms with E-state index in [1.54, 1.807) is 0 Å². The van der Waals surface area contributed by atoms with Crippen LogP contribution in [-0.4, -0.2) is 28.9 Å². The Morgan fingerprint density at radius 3 is 2.47 bits per heavy atom. The zero-order valence-corrected chi connectivity index (χ0v) is 21.7. The number of allylic oxidation sites excluding steroid dienone is 4. The minimum Gasteiger partial charge on any atom is -0.361 e. The van der Waals surface area contributed by atoms with Gasteiger partial charge in [0.1, 0.15) is 0 Å². The number of carbonyl (C=O) groups is 1. The summed E-state index contributed by atoms with van der Waals surface area (Å²) < 4.78 is 0. The van der Waals surface area contributed by atoms with Gasteiger partial charge in [-0.3, -0.25) is 4.79 Å². The number of hydrogen-bond acceptors (Lipinski definition) is 1. The van der Waals surface area contributed by atoms with Crippen molar-refractivity contribution in [2.75, 3.05) is 13.1 Å². The molecule has 2 aromatic rings. The van der Waals surface area contributed by atoms with E-state index in [1.807, 2.05) is 0 Å². The summed E-state index contributed by atoms with van der Waals surface area (Å²) in [6.45, 7) is 6.29. The number of amides is 1. The van der Waals surface area contributed by atoms with Crippen molar-refractivity contribution in [3.8, 4) is 0 Å². The van der Waals surface area contributed by atoms with Crippen molar-refractivity contribution < 1.29 is 4.79 Å². The third-order valence-electron chi connectivity index (χ3n) is 7.41. The molecular formula is C31H46N2O. The predicted molar refractivity (Wildman–Crippen MR) is 146 cm³/mol. The third kappa shape index (κ3) is 7.89. The van der Waals surface area contributed by atoms with E-state index in [2.05, 4.69) is 78.5 Å². The van der Waals surface area contributed by atoms with Crippen molar-refractivity contribution in [1.82, 2.24) is 9.88 Å². The topological polar surface area (TPSA) is 36.1 Å². The first-order valence-corrected chi connectivity index (χ1v) is 13.8. The molecule has 3 rings (SSSR count). The van der Waals surface area contributed by atoms with Crippen LogP contribution < -0.4 is 0 Å². The number of unbranched alkanes of at least 4 members (excludes halogenated alkanes) is 8. The van der Waals surface area contributed by atoms with E-state index in [4.69, 9.17) is 0 Å². The van der Waals surface area contributed by atoms with Crippen molar-refractivity contribution >= 4 is 16.8 Å². The van der Waals surface area contributed by atoms with Gasteiger partial charge >= 0.3 is 0 Å². The highest BCUT2D eigenvalue weighted by Crippen LogP contribution is 2.38. The molecule has 0 aliphatic carbocycles. The van der Waals surface area contributed by atoms with Gasteiger partial charge in [-0.2, -0.15) is 0 Å². The number of nitrogens with one attached hydrogen (secondary N) is 1. The highest BCUT2D eigenvalue weighted by atomic mass is 16.2. The Morgan fingerprint density at radius 2 is 1.68 bits per heavy atom. The first-order chi connectivity index (χ1) is 16.6. The highest BCUT2D eigenvalue weighted by Gasteiger charge is 2.38. The molecule has 34 heavy (non-hydrogen) atoms. The lowest BCUT2D eigenvalue weighted by atomic mass is 9.81. The number of likely N-dealkylation sites (tertiary alicyclic amines) is 1. The average Bonchev–Trinajstić information content (AvgIpc) is 3.46. The number of carbonyl (C=O) groups excluding carboxylic acids is 1. The monoisotopic (exact) mass is 462 g/mol. The smallest absolute Gasteiger partial charge is 0.222 e. The molecule has 1 N–H and O–H groups in total. The maximum atomic E-state index is 12.8. The molecule has 1 saturated heterocycles. The maximum Gasteiger partial charge on any atom is 0.222 e. The van der Waals surface area contributed by atoms with Crippen molar-refractivity contribution in [2.45, 2.75) is 103 Å². The first kappa shape index (κ1) is 26.3. The zero-order chi connectivity index (χ0) is 24.1. The van der Waals surface area contributed by atoms with Gasteiger partial charge in [0.05, 0.1) is 0 Å². The molecule has 1 aliphatic rings. The lowest BCUT2D eigenvalue weighted by molar-refractivity contribution is -0.130. The van der Waals surface area contributed by atoms with Crippen molar-refractivity contribution in [3.05, 3.63) is 60.3 Å². The fourth-order valence-corrected chi connectivity index (χ4v) is 5.21. The van der Waals surface area contributed by atoms with Crippen LogP contribution in [0.1, 0.15) is 103 Å². The normalized spacial score (nSPS) is 18.7. The number of aromatic nitrogens is 1. The predicted octanol–water partition coefficient (Wildman–Crippen LogP) is 8.47. The molecule has 1 fully saturated rings. The molecule has 0 saturated carbocycles. The largest absolute Gasteiger partial charge is 0.361 e. The fourth-order valence-electron chi connectivity index (χ4n) is 5.21. The van der Waals surface area contributed by atoms with Crippen LogP contribution in [-0.2, 0) is 10.2 Å². The van der Waals surface area contributed by atoms with E-state index < -0.39 is 0 Å². The van der Waals surface area contributed by atoms with Crippen LogP contribution in [0.4, 0.5) is 0 Å². The second-order valence-corrected chi connectivity index (χ2v) is 10.4. The van der Waals surface area contributed by atoms with Crippen LogP contribution in [0.5, 0.6) is 0 Å². The van der Waals surface area contributed by atoms with E-state index in [-0.39, 0.29) is 5.41 Å². The number of rotatable bonds is 15. The Labute approximate surface area is 207 Å². The van der Waals surface area contributed by atoms with Gasteiger partial charge in [-0.1, -0.05) is 88.5 Å². The van der Waals surface area contributed by atoms with Crippen molar-refractivity contribution in [3.63, 3.8) is 0 Å². The second kappa shape index (κ2) is 14.2. The number of H-pyrrole nitrogens is 1. The van der Waals surface area contributed by atoms with Gasteiger partial charge in [-0.05, 0) is 56.6 Å². The van der Waals surface area contributed by atoms with Crippen LogP contribution in [0.3, 0.4) is 0 Å². The lowest BCUT2D eigenvalue weighted by Gasteiger charge is -2.24. The molecule has 1 aromatic carbocycles. The molecule has 186 valence electrons. The van der Waals surface area contributed by atoms with Crippen LogP contribution in [0.2, 0.25) is 0 Å². The minimum atomic E-state index is 0.0492. The fraction of sp³-hybridized carbons (Fsp3) is 0.581. The zero-order valence-electron chi connectivity index (χ0n) is 21.7. The summed E-state index contributed by atoms with van der Waals surface area (Å²) in [5.41, 5.74) is 2.59. The number of aromatic amines is 1. The lowest BCUT2D eigenvalue weighted by Crippen LogP contribution is -2.32.